The van der Waals surface area contributed by atoms with Gasteiger partial charge in [0.05, 0.1) is 12.8 Å². The minimum atomic E-state index is -0.508. The molecule has 1 N–H and O–H groups in total. The number of benzene rings is 1. The number of piperidine rings is 1. The first-order valence-electron chi connectivity index (χ1n) is 9.29. The molecule has 1 fully saturated rings. The van der Waals surface area contributed by atoms with Gasteiger partial charge in [-0.3, -0.25) is 4.98 Å². The van der Waals surface area contributed by atoms with Crippen LogP contribution < -0.4 is 15.0 Å². The molecule has 2 atom stereocenters. The van der Waals surface area contributed by atoms with Crippen LogP contribution in [-0.2, 0) is 4.74 Å². The molecule has 27 heavy (non-hydrogen) atoms. The van der Waals surface area contributed by atoms with Gasteiger partial charge in [-0.2, -0.15) is 0 Å². The number of ether oxygens (including phenoxy) is 2. The SMILES string of the molecule is COc1ccc(N2C[C@@H](C)C[C@@H](NC(=O)OC(C)(C)C)C2)c2nccnc12. The van der Waals surface area contributed by atoms with Crippen molar-refractivity contribution in [3.05, 3.63) is 24.5 Å². The monoisotopic (exact) mass is 372 g/mol. The summed E-state index contributed by atoms with van der Waals surface area (Å²) in [5, 5.41) is 3.01. The first-order chi connectivity index (χ1) is 12.8. The van der Waals surface area contributed by atoms with E-state index in [4.69, 9.17) is 9.47 Å². The molecule has 0 unspecified atom stereocenters. The molecule has 2 aromatic rings. The predicted molar refractivity (Wildman–Crippen MR) is 105 cm³/mol. The van der Waals surface area contributed by atoms with E-state index in [0.29, 0.717) is 18.2 Å². The Morgan fingerprint density at radius 1 is 1.19 bits per heavy atom. The quantitative estimate of drug-likeness (QED) is 0.890. The molecule has 0 radical (unpaired) electrons. The number of aromatic nitrogens is 2. The zero-order valence-electron chi connectivity index (χ0n) is 16.7. The van der Waals surface area contributed by atoms with E-state index in [1.807, 2.05) is 32.9 Å². The Morgan fingerprint density at radius 3 is 2.56 bits per heavy atom. The van der Waals surface area contributed by atoms with Crippen molar-refractivity contribution in [2.24, 2.45) is 5.92 Å². The maximum Gasteiger partial charge on any atom is 0.407 e. The van der Waals surface area contributed by atoms with Crippen LogP contribution in [0.3, 0.4) is 0 Å². The second-order valence-electron chi connectivity index (χ2n) is 8.13. The first-order valence-corrected chi connectivity index (χ1v) is 9.29. The van der Waals surface area contributed by atoms with Gasteiger partial charge in [0.25, 0.3) is 0 Å². The largest absolute Gasteiger partial charge is 0.494 e. The summed E-state index contributed by atoms with van der Waals surface area (Å²) < 4.78 is 10.8. The molecule has 0 aliphatic carbocycles. The standard InChI is InChI=1S/C20H28N4O3/c1-13-10-14(23-19(25)27-20(2,3)4)12-24(11-13)15-6-7-16(26-5)18-17(15)21-8-9-22-18/h6-9,13-14H,10-12H2,1-5H3,(H,23,25)/t13-,14+/m0/s1. The van der Waals surface area contributed by atoms with Gasteiger partial charge in [-0.05, 0) is 45.2 Å². The van der Waals surface area contributed by atoms with Gasteiger partial charge < -0.3 is 19.7 Å². The molecule has 1 aliphatic rings. The normalized spacial score (nSPS) is 20.4. The third-order valence-corrected chi connectivity index (χ3v) is 4.51. The molecule has 1 aromatic carbocycles. The Hall–Kier alpha value is -2.57. The van der Waals surface area contributed by atoms with Crippen LogP contribution in [0.4, 0.5) is 10.5 Å². The Kier molecular flexibility index (Phi) is 5.39. The van der Waals surface area contributed by atoms with Crippen molar-refractivity contribution in [2.75, 3.05) is 25.1 Å². The number of nitrogens with zero attached hydrogens (tertiary/aromatic N) is 3. The highest BCUT2D eigenvalue weighted by atomic mass is 16.6. The van der Waals surface area contributed by atoms with E-state index in [0.717, 1.165) is 29.7 Å². The van der Waals surface area contributed by atoms with E-state index in [-0.39, 0.29) is 12.1 Å². The fraction of sp³-hybridized carbons (Fsp3) is 0.550. The van der Waals surface area contributed by atoms with E-state index < -0.39 is 5.60 Å². The summed E-state index contributed by atoms with van der Waals surface area (Å²) in [5.41, 5.74) is 2.04. The average molecular weight is 372 g/mol. The lowest BCUT2D eigenvalue weighted by molar-refractivity contribution is 0.0495. The van der Waals surface area contributed by atoms with E-state index in [2.05, 4.69) is 27.1 Å². The fourth-order valence-corrected chi connectivity index (χ4v) is 3.57. The second kappa shape index (κ2) is 7.58. The zero-order chi connectivity index (χ0) is 19.6. The van der Waals surface area contributed by atoms with Crippen LogP contribution in [-0.4, -0.2) is 47.9 Å². The zero-order valence-corrected chi connectivity index (χ0v) is 16.7. The number of hydrogen-bond acceptors (Lipinski definition) is 6. The molecular weight excluding hydrogens is 344 g/mol. The van der Waals surface area contributed by atoms with Crippen LogP contribution in [0.25, 0.3) is 11.0 Å². The van der Waals surface area contributed by atoms with Crippen LogP contribution in [0.2, 0.25) is 0 Å². The van der Waals surface area contributed by atoms with E-state index in [1.54, 1.807) is 19.5 Å². The topological polar surface area (TPSA) is 76.6 Å². The lowest BCUT2D eigenvalue weighted by atomic mass is 9.95. The summed E-state index contributed by atoms with van der Waals surface area (Å²) in [6.45, 7) is 9.37. The van der Waals surface area contributed by atoms with Crippen molar-refractivity contribution < 1.29 is 14.3 Å². The number of carbonyl (C=O) groups excluding carboxylic acids is 1. The van der Waals surface area contributed by atoms with Crippen molar-refractivity contribution in [1.29, 1.82) is 0 Å². The maximum absolute atomic E-state index is 12.2. The average Bonchev–Trinajstić information content (AvgIpc) is 2.58. The van der Waals surface area contributed by atoms with Crippen LogP contribution in [0.5, 0.6) is 5.75 Å². The van der Waals surface area contributed by atoms with Gasteiger partial charge in [0.1, 0.15) is 22.4 Å². The van der Waals surface area contributed by atoms with Crippen molar-refractivity contribution in [1.82, 2.24) is 15.3 Å². The Morgan fingerprint density at radius 2 is 1.89 bits per heavy atom. The van der Waals surface area contributed by atoms with E-state index >= 15 is 0 Å². The lowest BCUT2D eigenvalue weighted by Crippen LogP contribution is -2.51. The first kappa shape index (κ1) is 19.2. The molecule has 0 saturated carbocycles. The van der Waals surface area contributed by atoms with Gasteiger partial charge in [0, 0.05) is 31.5 Å². The summed E-state index contributed by atoms with van der Waals surface area (Å²) >= 11 is 0. The maximum atomic E-state index is 12.2. The number of hydrogen-bond donors (Lipinski definition) is 1. The summed E-state index contributed by atoms with van der Waals surface area (Å²) in [5.74, 6) is 1.13. The Bertz CT molecular complexity index is 818. The number of methoxy groups -OCH3 is 1. The van der Waals surface area contributed by atoms with Crippen molar-refractivity contribution in [2.45, 2.75) is 45.8 Å². The predicted octanol–water partition coefficient (Wildman–Crippen LogP) is 3.38. The van der Waals surface area contributed by atoms with Crippen LogP contribution in [0.15, 0.2) is 24.5 Å². The number of amides is 1. The third-order valence-electron chi connectivity index (χ3n) is 4.51. The molecule has 0 bridgehead atoms. The van der Waals surface area contributed by atoms with Crippen LogP contribution in [0, 0.1) is 5.92 Å². The van der Waals surface area contributed by atoms with Crippen LogP contribution >= 0.6 is 0 Å². The molecule has 7 nitrogen and oxygen atoms in total. The highest BCUT2D eigenvalue weighted by Crippen LogP contribution is 2.33. The minimum Gasteiger partial charge on any atom is -0.494 e. The fourth-order valence-electron chi connectivity index (χ4n) is 3.57. The number of alkyl carbamates (subject to hydrolysis) is 1. The molecule has 3 rings (SSSR count). The Balaban J connectivity index is 1.83. The second-order valence-corrected chi connectivity index (χ2v) is 8.13. The summed E-state index contributed by atoms with van der Waals surface area (Å²) in [4.78, 5) is 23.4. The Labute approximate surface area is 160 Å². The molecule has 146 valence electrons. The van der Waals surface area contributed by atoms with Gasteiger partial charge in [-0.1, -0.05) is 6.92 Å². The summed E-state index contributed by atoms with van der Waals surface area (Å²) in [6, 6.07) is 3.94. The van der Waals surface area contributed by atoms with Crippen molar-refractivity contribution in [3.8, 4) is 5.75 Å². The number of rotatable bonds is 3. The number of fused-ring (bicyclic) bond motifs is 1. The lowest BCUT2D eigenvalue weighted by Gasteiger charge is -2.38. The van der Waals surface area contributed by atoms with Crippen molar-refractivity contribution >= 4 is 22.8 Å². The molecule has 1 aromatic heterocycles. The van der Waals surface area contributed by atoms with Gasteiger partial charge in [-0.15, -0.1) is 0 Å². The van der Waals surface area contributed by atoms with Gasteiger partial charge in [-0.25, -0.2) is 9.78 Å². The minimum absolute atomic E-state index is 0.0115. The third kappa shape index (κ3) is 4.59. The smallest absolute Gasteiger partial charge is 0.407 e. The molecule has 7 heteroatoms. The number of carbonyl (C=O) groups is 1. The van der Waals surface area contributed by atoms with Gasteiger partial charge in [0.2, 0.25) is 0 Å². The molecular formula is C20H28N4O3. The summed E-state index contributed by atoms with van der Waals surface area (Å²) in [7, 11) is 1.63. The highest BCUT2D eigenvalue weighted by molar-refractivity contribution is 5.92. The number of anilines is 1. The van der Waals surface area contributed by atoms with Gasteiger partial charge >= 0.3 is 6.09 Å². The molecule has 1 amide bonds. The molecule has 0 spiro atoms. The van der Waals surface area contributed by atoms with Gasteiger partial charge in [0.15, 0.2) is 0 Å². The van der Waals surface area contributed by atoms with E-state index in [9.17, 15) is 4.79 Å². The highest BCUT2D eigenvalue weighted by Gasteiger charge is 2.29. The molecule has 1 aliphatic heterocycles. The molecule has 2 heterocycles. The molecule has 1 saturated heterocycles. The summed E-state index contributed by atoms with van der Waals surface area (Å²) in [6.07, 6.45) is 3.89. The number of nitrogens with one attached hydrogen (secondary N) is 1. The van der Waals surface area contributed by atoms with E-state index in [1.165, 1.54) is 0 Å². The van der Waals surface area contributed by atoms with Crippen molar-refractivity contribution in [3.63, 3.8) is 0 Å². The van der Waals surface area contributed by atoms with Crippen LogP contribution in [0.1, 0.15) is 34.1 Å².